The van der Waals surface area contributed by atoms with Crippen molar-refractivity contribution in [1.29, 1.82) is 0 Å². The van der Waals surface area contributed by atoms with Crippen LogP contribution >= 0.6 is 39.0 Å². The number of imide groups is 1. The van der Waals surface area contributed by atoms with Gasteiger partial charge in [0.1, 0.15) is 17.5 Å². The van der Waals surface area contributed by atoms with Crippen LogP contribution in [-0.2, 0) is 25.7 Å². The molecule has 3 aromatic rings. The van der Waals surface area contributed by atoms with E-state index in [2.05, 4.69) is 15.9 Å². The van der Waals surface area contributed by atoms with Gasteiger partial charge in [-0.05, 0) is 30.3 Å². The minimum absolute atomic E-state index is 0.0202. The van der Waals surface area contributed by atoms with Crippen molar-refractivity contribution < 1.29 is 24.2 Å². The maximum atomic E-state index is 13.9. The molecule has 38 heavy (non-hydrogen) atoms. The standard InChI is InChI=1S/C26H22BrN3O6S2/c27-14-5-7-15(8-6-14)30-23(33)20-19(16-3-1-2-4-17(16)31)22-25(37-21(20)24(30)34)29(26(35)38-22)13-18(32)28-9-11-36-12-10-28/h1-8,19-21,31H,9-13H2/t19-,20+,21-/m0/s1. The van der Waals surface area contributed by atoms with E-state index in [1.165, 1.54) is 15.5 Å². The van der Waals surface area contributed by atoms with E-state index in [1.807, 2.05) is 0 Å². The molecule has 2 fully saturated rings. The summed E-state index contributed by atoms with van der Waals surface area (Å²) in [4.78, 5) is 57.0. The van der Waals surface area contributed by atoms with Crippen LogP contribution in [0.2, 0.25) is 0 Å². The van der Waals surface area contributed by atoms with Crippen LogP contribution in [0.4, 0.5) is 5.69 Å². The Hall–Kier alpha value is -2.93. The first-order chi connectivity index (χ1) is 18.3. The van der Waals surface area contributed by atoms with E-state index in [9.17, 15) is 24.3 Å². The number of halogens is 1. The van der Waals surface area contributed by atoms with Gasteiger partial charge in [0.15, 0.2) is 0 Å². The van der Waals surface area contributed by atoms with Gasteiger partial charge in [-0.3, -0.25) is 23.7 Å². The fourth-order valence-electron chi connectivity index (χ4n) is 5.23. The number of anilines is 1. The molecule has 3 aliphatic heterocycles. The minimum atomic E-state index is -0.821. The van der Waals surface area contributed by atoms with Gasteiger partial charge in [0.2, 0.25) is 17.7 Å². The molecule has 1 N–H and O–H groups in total. The molecule has 3 amide bonds. The van der Waals surface area contributed by atoms with Crippen molar-refractivity contribution in [2.75, 3.05) is 31.2 Å². The molecule has 0 unspecified atom stereocenters. The summed E-state index contributed by atoms with van der Waals surface area (Å²) in [5, 5.41) is 10.5. The number of aromatic hydroxyl groups is 1. The first-order valence-corrected chi connectivity index (χ1v) is 14.5. The minimum Gasteiger partial charge on any atom is -0.508 e. The molecule has 3 atom stereocenters. The number of hydrogen-bond acceptors (Lipinski definition) is 8. The third-order valence-corrected chi connectivity index (χ3v) is 10.2. The highest BCUT2D eigenvalue weighted by Crippen LogP contribution is 2.55. The molecule has 1 aromatic heterocycles. The zero-order chi connectivity index (χ0) is 26.6. The summed E-state index contributed by atoms with van der Waals surface area (Å²) in [6, 6.07) is 13.6. The second kappa shape index (κ2) is 9.99. The Kier molecular flexibility index (Phi) is 6.67. The lowest BCUT2D eigenvalue weighted by molar-refractivity contribution is -0.136. The highest BCUT2D eigenvalue weighted by Gasteiger charge is 2.57. The van der Waals surface area contributed by atoms with Gasteiger partial charge < -0.3 is 14.7 Å². The van der Waals surface area contributed by atoms with Gasteiger partial charge >= 0.3 is 4.87 Å². The first kappa shape index (κ1) is 25.4. The van der Waals surface area contributed by atoms with E-state index >= 15 is 0 Å². The number of carbonyl (C=O) groups is 3. The fraction of sp³-hybridized carbons (Fsp3) is 0.308. The molecule has 0 aliphatic carbocycles. The summed E-state index contributed by atoms with van der Waals surface area (Å²) in [5.74, 6) is -2.53. The lowest BCUT2D eigenvalue weighted by atomic mass is 9.82. The van der Waals surface area contributed by atoms with Crippen molar-refractivity contribution in [2.45, 2.75) is 22.7 Å². The Morgan fingerprint density at radius 3 is 2.45 bits per heavy atom. The zero-order valence-corrected chi connectivity index (χ0v) is 23.1. The van der Waals surface area contributed by atoms with Crippen LogP contribution in [0.15, 0.2) is 62.8 Å². The van der Waals surface area contributed by atoms with Crippen LogP contribution in [0.5, 0.6) is 5.75 Å². The van der Waals surface area contributed by atoms with Crippen LogP contribution in [0.3, 0.4) is 0 Å². The molecule has 6 rings (SSSR count). The molecule has 12 heteroatoms. The number of benzene rings is 2. The largest absolute Gasteiger partial charge is 0.508 e. The van der Waals surface area contributed by atoms with E-state index in [4.69, 9.17) is 4.74 Å². The Bertz CT molecular complexity index is 1500. The van der Waals surface area contributed by atoms with Crippen molar-refractivity contribution >= 4 is 62.4 Å². The average Bonchev–Trinajstić information content (AvgIpc) is 3.36. The van der Waals surface area contributed by atoms with Crippen molar-refractivity contribution in [3.8, 4) is 5.75 Å². The summed E-state index contributed by atoms with van der Waals surface area (Å²) in [7, 11) is 0. The third kappa shape index (κ3) is 4.19. The quantitative estimate of drug-likeness (QED) is 0.449. The lowest BCUT2D eigenvalue weighted by Gasteiger charge is -2.31. The Labute approximate surface area is 234 Å². The highest BCUT2D eigenvalue weighted by molar-refractivity contribution is 9.10. The summed E-state index contributed by atoms with van der Waals surface area (Å²) in [5.41, 5.74) is 0.924. The number of rotatable bonds is 4. The van der Waals surface area contributed by atoms with Crippen molar-refractivity contribution in [1.82, 2.24) is 9.47 Å². The summed E-state index contributed by atoms with van der Waals surface area (Å²) in [6.07, 6.45) is 0. The number of ether oxygens (including phenoxy) is 1. The topological polar surface area (TPSA) is 109 Å². The van der Waals surface area contributed by atoms with Gasteiger partial charge in [-0.25, -0.2) is 4.90 Å². The van der Waals surface area contributed by atoms with Crippen LogP contribution in [0.1, 0.15) is 16.4 Å². The molecule has 4 heterocycles. The van der Waals surface area contributed by atoms with Gasteiger partial charge in [0.25, 0.3) is 0 Å². The SMILES string of the molecule is O=C(Cn1c2c(sc1=O)[C@@H](c1ccccc1O)[C@H]1C(=O)N(c3ccc(Br)cc3)C(=O)[C@H]1S2)N1CCOCC1. The molecule has 2 saturated heterocycles. The Morgan fingerprint density at radius 2 is 1.74 bits per heavy atom. The molecule has 0 spiro atoms. The molecule has 3 aliphatic rings. The number of thioether (sulfide) groups is 1. The number of nitrogens with zero attached hydrogens (tertiary/aromatic N) is 3. The number of hydrogen-bond donors (Lipinski definition) is 1. The van der Waals surface area contributed by atoms with E-state index in [0.717, 1.165) is 27.6 Å². The Balaban J connectivity index is 1.45. The molecular weight excluding hydrogens is 594 g/mol. The van der Waals surface area contributed by atoms with Crippen LogP contribution in [-0.4, -0.2) is 63.8 Å². The average molecular weight is 617 g/mol. The monoisotopic (exact) mass is 615 g/mol. The second-order valence-corrected chi connectivity index (χ2v) is 12.2. The van der Waals surface area contributed by atoms with Crippen molar-refractivity contribution in [3.63, 3.8) is 0 Å². The van der Waals surface area contributed by atoms with Crippen LogP contribution in [0.25, 0.3) is 0 Å². The molecule has 0 radical (unpaired) electrons. The molecule has 0 saturated carbocycles. The number of amides is 3. The molecule has 2 aromatic carbocycles. The van der Waals surface area contributed by atoms with E-state index in [1.54, 1.807) is 47.4 Å². The van der Waals surface area contributed by atoms with E-state index in [-0.39, 0.29) is 34.9 Å². The highest BCUT2D eigenvalue weighted by atomic mass is 79.9. The van der Waals surface area contributed by atoms with E-state index < -0.39 is 17.1 Å². The van der Waals surface area contributed by atoms with Gasteiger partial charge in [0, 0.05) is 33.9 Å². The predicted octanol–water partition coefficient (Wildman–Crippen LogP) is 3.03. The van der Waals surface area contributed by atoms with Gasteiger partial charge in [-0.2, -0.15) is 0 Å². The lowest BCUT2D eigenvalue weighted by Crippen LogP contribution is -2.43. The third-order valence-electron chi connectivity index (χ3n) is 7.06. The number of phenolic OH excluding ortho intramolecular Hbond substituents is 1. The zero-order valence-electron chi connectivity index (χ0n) is 19.9. The summed E-state index contributed by atoms with van der Waals surface area (Å²) in [6.45, 7) is 1.62. The number of aromatic nitrogens is 1. The van der Waals surface area contributed by atoms with Crippen molar-refractivity contribution in [3.05, 3.63) is 73.1 Å². The van der Waals surface area contributed by atoms with Crippen molar-refractivity contribution in [2.24, 2.45) is 5.92 Å². The number of fused-ring (bicyclic) bond motifs is 2. The number of phenols is 1. The maximum Gasteiger partial charge on any atom is 0.308 e. The van der Waals surface area contributed by atoms with Crippen LogP contribution < -0.4 is 9.77 Å². The van der Waals surface area contributed by atoms with Gasteiger partial charge in [0.05, 0.1) is 29.8 Å². The number of morpholine rings is 1. The summed E-state index contributed by atoms with van der Waals surface area (Å²) < 4.78 is 7.55. The number of thiazole rings is 1. The molecule has 0 bridgehead atoms. The molecule has 9 nitrogen and oxygen atoms in total. The van der Waals surface area contributed by atoms with Gasteiger partial charge in [-0.15, -0.1) is 0 Å². The normalized spacial score (nSPS) is 22.9. The van der Waals surface area contributed by atoms with E-state index in [0.29, 0.717) is 47.5 Å². The smallest absolute Gasteiger partial charge is 0.308 e. The first-order valence-electron chi connectivity index (χ1n) is 12.0. The Morgan fingerprint density at radius 1 is 1.03 bits per heavy atom. The molecular formula is C26H22BrN3O6S2. The second-order valence-electron chi connectivity index (χ2n) is 9.21. The number of para-hydroxylation sites is 1. The predicted molar refractivity (Wildman–Crippen MR) is 146 cm³/mol. The number of carbonyl (C=O) groups excluding carboxylic acids is 3. The molecule has 196 valence electrons. The van der Waals surface area contributed by atoms with Gasteiger partial charge in [-0.1, -0.05) is 57.2 Å². The summed E-state index contributed by atoms with van der Waals surface area (Å²) >= 11 is 5.50. The van der Waals surface area contributed by atoms with Crippen LogP contribution in [0, 0.1) is 5.92 Å². The fourth-order valence-corrected chi connectivity index (χ4v) is 8.26. The maximum absolute atomic E-state index is 13.9.